The number of aromatic nitrogens is 5. The highest BCUT2D eigenvalue weighted by atomic mass is 16.5. The zero-order valence-corrected chi connectivity index (χ0v) is 24.6. The number of anilines is 1. The lowest BCUT2D eigenvalue weighted by molar-refractivity contribution is -0.147. The molecule has 2 aromatic carbocycles. The highest BCUT2D eigenvalue weighted by Crippen LogP contribution is 2.36. The van der Waals surface area contributed by atoms with E-state index in [2.05, 4.69) is 25.2 Å². The molecular formula is C30H36N6O6. The Hall–Kier alpha value is -4.61. The van der Waals surface area contributed by atoms with Crippen molar-refractivity contribution in [2.75, 3.05) is 40.4 Å². The van der Waals surface area contributed by atoms with Crippen molar-refractivity contribution in [3.8, 4) is 23.0 Å². The number of esters is 1. The third-order valence-corrected chi connectivity index (χ3v) is 7.78. The van der Waals surface area contributed by atoms with Gasteiger partial charge >= 0.3 is 5.97 Å². The molecule has 0 N–H and O–H groups in total. The second-order valence-electron chi connectivity index (χ2n) is 10.2. The summed E-state index contributed by atoms with van der Waals surface area (Å²) in [5.41, 5.74) is 3.04. The molecule has 1 aliphatic carbocycles. The molecule has 42 heavy (non-hydrogen) atoms. The minimum atomic E-state index is -0.188. The molecule has 12 heteroatoms. The molecule has 0 aliphatic heterocycles. The number of carbonyl (C=O) groups is 1. The summed E-state index contributed by atoms with van der Waals surface area (Å²) in [6, 6.07) is 11.4. The van der Waals surface area contributed by atoms with E-state index in [0.29, 0.717) is 59.5 Å². The topological polar surface area (TPSA) is 123 Å². The lowest BCUT2D eigenvalue weighted by Gasteiger charge is -2.27. The zero-order chi connectivity index (χ0) is 29.6. The van der Waals surface area contributed by atoms with Gasteiger partial charge in [-0.05, 0) is 43.5 Å². The molecule has 0 amide bonds. The molecule has 1 fully saturated rings. The van der Waals surface area contributed by atoms with Crippen LogP contribution in [0, 0.1) is 5.92 Å². The zero-order valence-electron chi connectivity index (χ0n) is 24.6. The van der Waals surface area contributed by atoms with Crippen LogP contribution in [0.2, 0.25) is 0 Å². The highest BCUT2D eigenvalue weighted by Gasteiger charge is 2.31. The average Bonchev–Trinajstić information content (AvgIpc) is 3.49. The van der Waals surface area contributed by atoms with E-state index in [0.717, 1.165) is 30.4 Å². The van der Waals surface area contributed by atoms with Gasteiger partial charge in [0.15, 0.2) is 17.0 Å². The first kappa shape index (κ1) is 28.9. The van der Waals surface area contributed by atoms with Crippen LogP contribution < -0.4 is 23.8 Å². The Morgan fingerprint density at radius 2 is 1.52 bits per heavy atom. The summed E-state index contributed by atoms with van der Waals surface area (Å²) in [4.78, 5) is 23.6. The smallest absolute Gasteiger partial charge is 0.308 e. The van der Waals surface area contributed by atoms with Gasteiger partial charge in [-0.15, -0.1) is 5.10 Å². The van der Waals surface area contributed by atoms with E-state index < -0.39 is 0 Å². The van der Waals surface area contributed by atoms with Gasteiger partial charge in [0, 0.05) is 36.3 Å². The first-order chi connectivity index (χ1) is 20.5. The number of hydrogen-bond donors (Lipinski definition) is 0. The lowest BCUT2D eigenvalue weighted by Crippen LogP contribution is -2.26. The van der Waals surface area contributed by atoms with E-state index >= 15 is 0 Å². The first-order valence-corrected chi connectivity index (χ1v) is 13.8. The van der Waals surface area contributed by atoms with E-state index in [1.54, 1.807) is 28.4 Å². The summed E-state index contributed by atoms with van der Waals surface area (Å²) in [6.45, 7) is 0.879. The molecule has 2 heterocycles. The number of methoxy groups -OCH3 is 5. The number of benzene rings is 2. The SMILES string of the molecule is COC(=O)[C@H]1CCC[C@@H](n2nnc3c(N(Cc4ccc(OC)cc4OC)Cc4ccc(OC)cc4OC)ncnc32)C1. The molecule has 1 saturated carbocycles. The van der Waals surface area contributed by atoms with E-state index in [9.17, 15) is 4.79 Å². The van der Waals surface area contributed by atoms with Crippen LogP contribution in [-0.2, 0) is 22.6 Å². The van der Waals surface area contributed by atoms with Crippen LogP contribution in [0.3, 0.4) is 0 Å². The summed E-state index contributed by atoms with van der Waals surface area (Å²) in [7, 11) is 7.94. The molecule has 2 aromatic heterocycles. The van der Waals surface area contributed by atoms with Crippen LogP contribution >= 0.6 is 0 Å². The molecular weight excluding hydrogens is 540 g/mol. The van der Waals surface area contributed by atoms with Gasteiger partial charge in [-0.25, -0.2) is 14.6 Å². The highest BCUT2D eigenvalue weighted by molar-refractivity contribution is 5.83. The molecule has 1 aliphatic rings. The molecule has 0 saturated heterocycles. The van der Waals surface area contributed by atoms with Crippen molar-refractivity contribution in [3.63, 3.8) is 0 Å². The van der Waals surface area contributed by atoms with E-state index in [1.807, 2.05) is 41.1 Å². The second kappa shape index (κ2) is 12.9. The summed E-state index contributed by atoms with van der Waals surface area (Å²) in [5, 5.41) is 9.07. The molecule has 0 bridgehead atoms. The maximum atomic E-state index is 12.3. The van der Waals surface area contributed by atoms with Gasteiger partial charge < -0.3 is 28.6 Å². The summed E-state index contributed by atoms with van der Waals surface area (Å²) in [5.74, 6) is 3.02. The fraction of sp³-hybridized carbons (Fsp3) is 0.433. The lowest BCUT2D eigenvalue weighted by atomic mass is 9.86. The molecule has 5 rings (SSSR count). The number of ether oxygens (including phenoxy) is 5. The minimum absolute atomic E-state index is 0.0209. The van der Waals surface area contributed by atoms with Crippen molar-refractivity contribution in [1.82, 2.24) is 25.0 Å². The number of carbonyl (C=O) groups excluding carboxylic acids is 1. The molecule has 0 spiro atoms. The predicted octanol–water partition coefficient (Wildman–Crippen LogP) is 4.37. The maximum Gasteiger partial charge on any atom is 0.308 e. The van der Waals surface area contributed by atoms with Gasteiger partial charge in [-0.2, -0.15) is 0 Å². The number of nitrogens with zero attached hydrogens (tertiary/aromatic N) is 6. The van der Waals surface area contributed by atoms with Crippen molar-refractivity contribution in [1.29, 1.82) is 0 Å². The second-order valence-corrected chi connectivity index (χ2v) is 10.2. The normalized spacial score (nSPS) is 16.6. The molecule has 12 nitrogen and oxygen atoms in total. The molecule has 4 aromatic rings. The van der Waals surface area contributed by atoms with Crippen LogP contribution in [0.1, 0.15) is 42.9 Å². The van der Waals surface area contributed by atoms with Crippen LogP contribution in [0.15, 0.2) is 42.7 Å². The molecule has 222 valence electrons. The van der Waals surface area contributed by atoms with Crippen LogP contribution in [-0.4, -0.2) is 66.5 Å². The Labute approximate surface area is 244 Å². The van der Waals surface area contributed by atoms with Crippen molar-refractivity contribution in [3.05, 3.63) is 53.9 Å². The number of hydrogen-bond acceptors (Lipinski definition) is 11. The van der Waals surface area contributed by atoms with Gasteiger partial charge in [0.2, 0.25) is 0 Å². The van der Waals surface area contributed by atoms with Gasteiger partial charge in [-0.3, -0.25) is 4.79 Å². The first-order valence-electron chi connectivity index (χ1n) is 13.8. The third kappa shape index (κ3) is 5.88. The summed E-state index contributed by atoms with van der Waals surface area (Å²) < 4.78 is 29.1. The Morgan fingerprint density at radius 3 is 2.10 bits per heavy atom. The van der Waals surface area contributed by atoms with Crippen LogP contribution in [0.25, 0.3) is 11.2 Å². The van der Waals surface area contributed by atoms with Crippen LogP contribution in [0.4, 0.5) is 5.82 Å². The average molecular weight is 577 g/mol. The molecule has 2 atom stereocenters. The standard InChI is InChI=1S/C30H36N6O6/c1-38-23-11-9-20(25(14-23)40-3)16-35(17-21-10-12-24(39-2)15-26(21)41-4)28-27-29(32-18-31-28)36(34-33-27)22-8-6-7-19(13-22)30(37)42-5/h9-12,14-15,18-19,22H,6-8,13,16-17H2,1-5H3/t19-,22+/m0/s1. The quantitative estimate of drug-likeness (QED) is 0.237. The molecule has 0 unspecified atom stereocenters. The van der Waals surface area contributed by atoms with Crippen molar-refractivity contribution in [2.45, 2.75) is 44.8 Å². The number of rotatable bonds is 11. The van der Waals surface area contributed by atoms with Crippen molar-refractivity contribution >= 4 is 23.0 Å². The summed E-state index contributed by atoms with van der Waals surface area (Å²) >= 11 is 0. The monoisotopic (exact) mass is 576 g/mol. The van der Waals surface area contributed by atoms with Crippen LogP contribution in [0.5, 0.6) is 23.0 Å². The largest absolute Gasteiger partial charge is 0.497 e. The third-order valence-electron chi connectivity index (χ3n) is 7.78. The number of fused-ring (bicyclic) bond motifs is 1. The predicted molar refractivity (Wildman–Crippen MR) is 155 cm³/mol. The Balaban J connectivity index is 1.56. The minimum Gasteiger partial charge on any atom is -0.497 e. The van der Waals surface area contributed by atoms with E-state index in [4.69, 9.17) is 23.7 Å². The van der Waals surface area contributed by atoms with Gasteiger partial charge in [0.05, 0.1) is 47.5 Å². The Bertz CT molecular complexity index is 1480. The van der Waals surface area contributed by atoms with E-state index in [1.165, 1.54) is 13.4 Å². The maximum absolute atomic E-state index is 12.3. The fourth-order valence-electron chi connectivity index (χ4n) is 5.58. The Morgan fingerprint density at radius 1 is 0.881 bits per heavy atom. The Kier molecular flexibility index (Phi) is 8.89. The van der Waals surface area contributed by atoms with E-state index in [-0.39, 0.29) is 17.9 Å². The summed E-state index contributed by atoms with van der Waals surface area (Å²) in [6.07, 6.45) is 4.73. The van der Waals surface area contributed by atoms with Gasteiger partial charge in [-0.1, -0.05) is 11.6 Å². The molecule has 0 radical (unpaired) electrons. The van der Waals surface area contributed by atoms with Crippen molar-refractivity contribution in [2.24, 2.45) is 5.92 Å². The fourth-order valence-corrected chi connectivity index (χ4v) is 5.58. The van der Waals surface area contributed by atoms with Gasteiger partial charge in [0.25, 0.3) is 0 Å². The van der Waals surface area contributed by atoms with Crippen molar-refractivity contribution < 1.29 is 28.5 Å². The van der Waals surface area contributed by atoms with Gasteiger partial charge in [0.1, 0.15) is 29.3 Å².